The number of nitro benzene ring substituents is 1. The third-order valence-corrected chi connectivity index (χ3v) is 6.06. The predicted molar refractivity (Wildman–Crippen MR) is 128 cm³/mol. The number of rotatable bonds is 6. The molecule has 2 heterocycles. The van der Waals surface area contributed by atoms with Crippen LogP contribution in [0.2, 0.25) is 0 Å². The molecule has 35 heavy (non-hydrogen) atoms. The first-order valence-corrected chi connectivity index (χ1v) is 11.3. The van der Waals surface area contributed by atoms with Crippen LogP contribution in [-0.4, -0.2) is 67.6 Å². The standard InChI is InChI=1S/C24H27N5O6/c1-3-35-23(31)20-21(16-6-4-8-18(14-16)29(32)33)25-24(26-22(20)30)28-12-10-27(11-13-28)17-7-5-9-19(15-17)34-2/h4-9,14-15,20-21H,3,10-13H2,1-2H3,(H,25,26,30). The van der Waals surface area contributed by atoms with Gasteiger partial charge >= 0.3 is 5.97 Å². The number of nitro groups is 1. The molecule has 11 heteroatoms. The molecule has 4 rings (SSSR count). The zero-order valence-corrected chi connectivity index (χ0v) is 19.5. The molecule has 11 nitrogen and oxygen atoms in total. The number of carbonyl (C=O) groups excluding carboxylic acids is 2. The van der Waals surface area contributed by atoms with Crippen molar-refractivity contribution in [1.82, 2.24) is 10.2 Å². The van der Waals surface area contributed by atoms with Crippen molar-refractivity contribution >= 4 is 29.2 Å². The van der Waals surface area contributed by atoms with Crippen molar-refractivity contribution in [1.29, 1.82) is 0 Å². The van der Waals surface area contributed by atoms with E-state index in [1.807, 2.05) is 29.2 Å². The number of piperazine rings is 1. The minimum absolute atomic E-state index is 0.104. The number of non-ortho nitro benzene ring substituents is 1. The van der Waals surface area contributed by atoms with Gasteiger partial charge in [0, 0.05) is 50.1 Å². The lowest BCUT2D eigenvalue weighted by Gasteiger charge is -2.39. The van der Waals surface area contributed by atoms with Crippen LogP contribution in [0.4, 0.5) is 11.4 Å². The van der Waals surface area contributed by atoms with Crippen molar-refractivity contribution in [3.63, 3.8) is 0 Å². The topological polar surface area (TPSA) is 127 Å². The second kappa shape index (κ2) is 10.4. The third kappa shape index (κ3) is 5.18. The van der Waals surface area contributed by atoms with E-state index < -0.39 is 28.8 Å². The maximum Gasteiger partial charge on any atom is 0.321 e. The van der Waals surface area contributed by atoms with Gasteiger partial charge in [-0.05, 0) is 24.6 Å². The number of aliphatic imine (C=N–C) groups is 1. The number of methoxy groups -OCH3 is 1. The van der Waals surface area contributed by atoms with Gasteiger partial charge in [0.25, 0.3) is 5.69 Å². The zero-order valence-electron chi connectivity index (χ0n) is 19.5. The Morgan fingerprint density at radius 2 is 1.86 bits per heavy atom. The summed E-state index contributed by atoms with van der Waals surface area (Å²) in [5, 5.41) is 14.0. The van der Waals surface area contributed by atoms with Gasteiger partial charge in [0.15, 0.2) is 5.92 Å². The average molecular weight is 482 g/mol. The molecule has 2 aliphatic rings. The van der Waals surface area contributed by atoms with E-state index >= 15 is 0 Å². The van der Waals surface area contributed by atoms with Crippen molar-refractivity contribution in [3.05, 3.63) is 64.2 Å². The van der Waals surface area contributed by atoms with E-state index in [2.05, 4.69) is 15.2 Å². The fourth-order valence-electron chi connectivity index (χ4n) is 4.27. The summed E-state index contributed by atoms with van der Waals surface area (Å²) in [6.07, 6.45) is 0. The van der Waals surface area contributed by atoms with E-state index in [1.165, 1.54) is 18.2 Å². The minimum Gasteiger partial charge on any atom is -0.497 e. The molecule has 2 aromatic rings. The second-order valence-electron chi connectivity index (χ2n) is 8.14. The number of hydrogen-bond acceptors (Lipinski definition) is 9. The normalized spacial score (nSPS) is 20.1. The lowest BCUT2D eigenvalue weighted by atomic mass is 9.91. The maximum atomic E-state index is 13.0. The summed E-state index contributed by atoms with van der Waals surface area (Å²) in [4.78, 5) is 45.3. The van der Waals surface area contributed by atoms with Crippen molar-refractivity contribution in [2.45, 2.75) is 13.0 Å². The second-order valence-corrected chi connectivity index (χ2v) is 8.14. The monoisotopic (exact) mass is 481 g/mol. The zero-order chi connectivity index (χ0) is 24.9. The van der Waals surface area contributed by atoms with Crippen LogP contribution < -0.4 is 15.0 Å². The van der Waals surface area contributed by atoms with E-state index in [0.717, 1.165) is 11.4 Å². The number of anilines is 1. The molecule has 0 spiro atoms. The summed E-state index contributed by atoms with van der Waals surface area (Å²) in [6, 6.07) is 12.7. The minimum atomic E-state index is -1.24. The number of benzene rings is 2. The molecule has 2 unspecified atom stereocenters. The Hall–Kier alpha value is -4.15. The van der Waals surface area contributed by atoms with Crippen LogP contribution in [0, 0.1) is 16.0 Å². The molecule has 1 fully saturated rings. The van der Waals surface area contributed by atoms with Gasteiger partial charge in [0.2, 0.25) is 11.9 Å². The van der Waals surface area contributed by atoms with Gasteiger partial charge < -0.3 is 19.3 Å². The van der Waals surface area contributed by atoms with Gasteiger partial charge in [-0.2, -0.15) is 0 Å². The van der Waals surface area contributed by atoms with Crippen LogP contribution >= 0.6 is 0 Å². The lowest BCUT2D eigenvalue weighted by molar-refractivity contribution is -0.384. The van der Waals surface area contributed by atoms with Crippen LogP contribution in [-0.2, 0) is 14.3 Å². The Bertz CT molecular complexity index is 1140. The quantitative estimate of drug-likeness (QED) is 0.288. The molecule has 1 saturated heterocycles. The van der Waals surface area contributed by atoms with E-state index in [1.54, 1.807) is 20.1 Å². The maximum absolute atomic E-state index is 13.0. The highest BCUT2D eigenvalue weighted by Crippen LogP contribution is 2.33. The Labute approximate surface area is 202 Å². The Kier molecular flexibility index (Phi) is 7.14. The first-order chi connectivity index (χ1) is 16.9. The van der Waals surface area contributed by atoms with E-state index in [0.29, 0.717) is 37.7 Å². The molecule has 0 bridgehead atoms. The lowest BCUT2D eigenvalue weighted by Crippen LogP contribution is -2.57. The van der Waals surface area contributed by atoms with Gasteiger partial charge in [-0.25, -0.2) is 4.99 Å². The number of nitrogens with one attached hydrogen (secondary N) is 1. The summed E-state index contributed by atoms with van der Waals surface area (Å²) in [6.45, 7) is 4.30. The van der Waals surface area contributed by atoms with Crippen LogP contribution in [0.1, 0.15) is 18.5 Å². The number of guanidine groups is 1. The molecule has 1 amide bonds. The first-order valence-electron chi connectivity index (χ1n) is 11.3. The summed E-state index contributed by atoms with van der Waals surface area (Å²) in [5.74, 6) is -1.37. The Morgan fingerprint density at radius 3 is 2.54 bits per heavy atom. The summed E-state index contributed by atoms with van der Waals surface area (Å²) in [5.41, 5.74) is 1.30. The van der Waals surface area contributed by atoms with Gasteiger partial charge in [-0.3, -0.25) is 25.0 Å². The van der Waals surface area contributed by atoms with Crippen LogP contribution in [0.15, 0.2) is 53.5 Å². The molecule has 0 saturated carbocycles. The molecular weight excluding hydrogens is 454 g/mol. The van der Waals surface area contributed by atoms with Gasteiger partial charge in [0.05, 0.1) is 18.6 Å². The smallest absolute Gasteiger partial charge is 0.321 e. The first kappa shape index (κ1) is 24.0. The molecule has 0 aromatic heterocycles. The van der Waals surface area contributed by atoms with Gasteiger partial charge in [-0.15, -0.1) is 0 Å². The molecule has 2 aliphatic heterocycles. The largest absolute Gasteiger partial charge is 0.497 e. The highest BCUT2D eigenvalue weighted by Gasteiger charge is 2.42. The SMILES string of the molecule is CCOC(=O)C1C(=O)NC(N2CCN(c3cccc(OC)c3)CC2)=NC1c1cccc([N+](=O)[O-])c1. The van der Waals surface area contributed by atoms with Gasteiger partial charge in [0.1, 0.15) is 11.8 Å². The van der Waals surface area contributed by atoms with Crippen molar-refractivity contribution in [2.24, 2.45) is 10.9 Å². The van der Waals surface area contributed by atoms with Crippen LogP contribution in [0.25, 0.3) is 0 Å². The molecular formula is C24H27N5O6. The fraction of sp³-hybridized carbons (Fsp3) is 0.375. The molecule has 0 aliphatic carbocycles. The highest BCUT2D eigenvalue weighted by atomic mass is 16.6. The highest BCUT2D eigenvalue weighted by molar-refractivity contribution is 6.08. The third-order valence-electron chi connectivity index (χ3n) is 6.06. The van der Waals surface area contributed by atoms with Crippen LogP contribution in [0.5, 0.6) is 5.75 Å². The number of ether oxygens (including phenoxy) is 2. The molecule has 184 valence electrons. The van der Waals surface area contributed by atoms with Crippen molar-refractivity contribution in [3.8, 4) is 5.75 Å². The van der Waals surface area contributed by atoms with Crippen molar-refractivity contribution < 1.29 is 24.0 Å². The fourth-order valence-corrected chi connectivity index (χ4v) is 4.27. The van der Waals surface area contributed by atoms with E-state index in [4.69, 9.17) is 9.47 Å². The average Bonchev–Trinajstić information content (AvgIpc) is 2.88. The van der Waals surface area contributed by atoms with E-state index in [9.17, 15) is 19.7 Å². The Balaban J connectivity index is 1.58. The van der Waals surface area contributed by atoms with E-state index in [-0.39, 0.29) is 12.3 Å². The summed E-state index contributed by atoms with van der Waals surface area (Å²) < 4.78 is 10.4. The predicted octanol–water partition coefficient (Wildman–Crippen LogP) is 2.13. The van der Waals surface area contributed by atoms with Crippen LogP contribution in [0.3, 0.4) is 0 Å². The molecule has 2 aromatic carbocycles. The van der Waals surface area contributed by atoms with Gasteiger partial charge in [-0.1, -0.05) is 18.2 Å². The number of hydrogen-bond donors (Lipinski definition) is 1. The molecule has 1 N–H and O–H groups in total. The number of amides is 1. The number of esters is 1. The molecule has 0 radical (unpaired) electrons. The summed E-state index contributed by atoms with van der Waals surface area (Å²) in [7, 11) is 1.63. The summed E-state index contributed by atoms with van der Waals surface area (Å²) >= 11 is 0. The number of carbonyl (C=O) groups is 2. The number of nitrogens with zero attached hydrogens (tertiary/aromatic N) is 4. The van der Waals surface area contributed by atoms with Crippen molar-refractivity contribution in [2.75, 3.05) is 44.8 Å². The Morgan fingerprint density at radius 1 is 1.14 bits per heavy atom. The molecule has 2 atom stereocenters.